The van der Waals surface area contributed by atoms with Crippen molar-refractivity contribution in [1.82, 2.24) is 24.6 Å². The summed E-state index contributed by atoms with van der Waals surface area (Å²) in [5.41, 5.74) is 2.21. The van der Waals surface area contributed by atoms with E-state index in [0.29, 0.717) is 24.2 Å². The van der Waals surface area contributed by atoms with Gasteiger partial charge in [-0.15, -0.1) is 0 Å². The smallest absolute Gasteiger partial charge is 0.241 e. The maximum Gasteiger partial charge on any atom is 0.241 e. The van der Waals surface area contributed by atoms with Gasteiger partial charge >= 0.3 is 0 Å². The van der Waals surface area contributed by atoms with Gasteiger partial charge < -0.3 is 9.09 Å². The molecule has 0 bridgehead atoms. The van der Waals surface area contributed by atoms with Crippen molar-refractivity contribution in [2.24, 2.45) is 7.05 Å². The van der Waals surface area contributed by atoms with E-state index in [0.717, 1.165) is 30.9 Å². The molecule has 1 aliphatic rings. The molecule has 25 heavy (non-hydrogen) atoms. The van der Waals surface area contributed by atoms with Crippen molar-refractivity contribution in [3.8, 4) is 11.4 Å². The van der Waals surface area contributed by atoms with Crippen LogP contribution in [0.2, 0.25) is 0 Å². The maximum atomic E-state index is 5.48. The first kappa shape index (κ1) is 16.0. The zero-order valence-electron chi connectivity index (χ0n) is 14.7. The molecule has 1 aromatic carbocycles. The molecule has 0 N–H and O–H groups in total. The molecule has 0 amide bonds. The van der Waals surface area contributed by atoms with Crippen LogP contribution < -0.4 is 0 Å². The number of likely N-dealkylation sites (tertiary alicyclic amines) is 1. The van der Waals surface area contributed by atoms with Gasteiger partial charge in [0.15, 0.2) is 0 Å². The number of hydrogen-bond acceptors (Lipinski definition) is 5. The van der Waals surface area contributed by atoms with Crippen LogP contribution in [0.5, 0.6) is 0 Å². The third-order valence-corrected chi connectivity index (χ3v) is 4.87. The summed E-state index contributed by atoms with van der Waals surface area (Å²) in [6, 6.07) is 8.19. The van der Waals surface area contributed by atoms with Crippen LogP contribution in [0.4, 0.5) is 0 Å². The fourth-order valence-electron chi connectivity index (χ4n) is 3.51. The molecule has 1 fully saturated rings. The Bertz CT molecular complexity index is 836. The lowest BCUT2D eigenvalue weighted by molar-refractivity contribution is 0.173. The minimum Gasteiger partial charge on any atom is -0.338 e. The highest BCUT2D eigenvalue weighted by atomic mass is 16.5. The Balaban J connectivity index is 1.44. The molecule has 0 saturated carbocycles. The molecule has 0 unspecified atom stereocenters. The van der Waals surface area contributed by atoms with Crippen LogP contribution in [0.15, 0.2) is 41.2 Å². The molecular formula is C19H23N5O. The maximum absolute atomic E-state index is 5.48. The third-order valence-electron chi connectivity index (χ3n) is 4.87. The van der Waals surface area contributed by atoms with E-state index in [1.807, 2.05) is 24.5 Å². The van der Waals surface area contributed by atoms with E-state index < -0.39 is 0 Å². The average Bonchev–Trinajstić information content (AvgIpc) is 3.25. The van der Waals surface area contributed by atoms with Crippen LogP contribution in [0.25, 0.3) is 11.4 Å². The van der Waals surface area contributed by atoms with Gasteiger partial charge in [-0.1, -0.05) is 35.0 Å². The number of hydrogen-bond donors (Lipinski definition) is 0. The Hall–Kier alpha value is -2.47. The topological polar surface area (TPSA) is 60.0 Å². The lowest BCUT2D eigenvalue weighted by Crippen LogP contribution is -2.34. The Morgan fingerprint density at radius 2 is 2.08 bits per heavy atom. The van der Waals surface area contributed by atoms with Crippen LogP contribution in [0.1, 0.15) is 36.0 Å². The Kier molecular flexibility index (Phi) is 4.36. The highest BCUT2D eigenvalue weighted by Crippen LogP contribution is 2.26. The first-order chi connectivity index (χ1) is 12.2. The number of nitrogens with zero attached hydrogens (tertiary/aromatic N) is 5. The molecule has 6 nitrogen and oxygen atoms in total. The van der Waals surface area contributed by atoms with Gasteiger partial charge in [-0.25, -0.2) is 4.98 Å². The van der Waals surface area contributed by atoms with Crippen molar-refractivity contribution in [1.29, 1.82) is 0 Å². The van der Waals surface area contributed by atoms with Gasteiger partial charge in [0.2, 0.25) is 11.7 Å². The number of benzene rings is 1. The van der Waals surface area contributed by atoms with E-state index in [1.165, 1.54) is 12.0 Å². The second-order valence-electron chi connectivity index (χ2n) is 6.85. The minimum atomic E-state index is 0.466. The van der Waals surface area contributed by atoms with E-state index in [4.69, 9.17) is 4.52 Å². The van der Waals surface area contributed by atoms with Crippen molar-refractivity contribution in [3.05, 3.63) is 53.9 Å². The summed E-state index contributed by atoms with van der Waals surface area (Å²) in [6.45, 7) is 4.80. The monoisotopic (exact) mass is 337 g/mol. The summed E-state index contributed by atoms with van der Waals surface area (Å²) in [7, 11) is 2.06. The largest absolute Gasteiger partial charge is 0.338 e. The van der Waals surface area contributed by atoms with E-state index in [1.54, 1.807) is 0 Å². The third kappa shape index (κ3) is 3.49. The van der Waals surface area contributed by atoms with Crippen LogP contribution in [0, 0.1) is 6.92 Å². The number of aryl methyl sites for hydroxylation is 2. The van der Waals surface area contributed by atoms with Gasteiger partial charge in [-0.05, 0) is 26.3 Å². The molecule has 1 saturated heterocycles. The van der Waals surface area contributed by atoms with Crippen LogP contribution in [-0.2, 0) is 13.6 Å². The first-order valence-electron chi connectivity index (χ1n) is 8.78. The standard InChI is InChI=1S/C19H23N5O/c1-14-5-7-15(8-6-14)18-21-17(25-22-18)13-24-10-3-4-16(12-24)19-20-9-11-23(19)2/h5-9,11,16H,3-4,10,12-13H2,1-2H3/t16-/m1/s1. The number of piperidine rings is 1. The summed E-state index contributed by atoms with van der Waals surface area (Å²) >= 11 is 0. The lowest BCUT2D eigenvalue weighted by Gasteiger charge is -2.31. The van der Waals surface area contributed by atoms with Crippen LogP contribution in [0.3, 0.4) is 0 Å². The van der Waals surface area contributed by atoms with E-state index >= 15 is 0 Å². The summed E-state index contributed by atoms with van der Waals surface area (Å²) in [5, 5.41) is 4.14. The predicted octanol–water partition coefficient (Wildman–Crippen LogP) is 3.16. The lowest BCUT2D eigenvalue weighted by atomic mass is 9.97. The minimum absolute atomic E-state index is 0.466. The predicted molar refractivity (Wildman–Crippen MR) is 94.9 cm³/mol. The molecule has 4 rings (SSSR count). The Labute approximate surface area is 147 Å². The fraction of sp³-hybridized carbons (Fsp3) is 0.421. The molecule has 130 valence electrons. The van der Waals surface area contributed by atoms with Gasteiger partial charge in [0.05, 0.1) is 6.54 Å². The molecule has 3 aromatic rings. The zero-order valence-corrected chi connectivity index (χ0v) is 14.7. The first-order valence-corrected chi connectivity index (χ1v) is 8.78. The molecule has 6 heteroatoms. The van der Waals surface area contributed by atoms with Gasteiger partial charge in [-0.2, -0.15) is 4.98 Å². The second kappa shape index (κ2) is 6.80. The number of rotatable bonds is 4. The second-order valence-corrected chi connectivity index (χ2v) is 6.85. The summed E-state index contributed by atoms with van der Waals surface area (Å²) in [6.07, 6.45) is 6.23. The van der Waals surface area contributed by atoms with Crippen molar-refractivity contribution in [2.45, 2.75) is 32.2 Å². The molecule has 2 aromatic heterocycles. The molecule has 3 heterocycles. The van der Waals surface area contributed by atoms with Gasteiger partial charge in [0.25, 0.3) is 0 Å². The van der Waals surface area contributed by atoms with Gasteiger partial charge in [0, 0.05) is 37.5 Å². The van der Waals surface area contributed by atoms with Crippen molar-refractivity contribution in [2.75, 3.05) is 13.1 Å². The molecule has 0 spiro atoms. The molecular weight excluding hydrogens is 314 g/mol. The highest BCUT2D eigenvalue weighted by Gasteiger charge is 2.25. The Morgan fingerprint density at radius 3 is 2.84 bits per heavy atom. The average molecular weight is 337 g/mol. The summed E-state index contributed by atoms with van der Waals surface area (Å²) < 4.78 is 7.60. The van der Waals surface area contributed by atoms with Gasteiger partial charge in [-0.3, -0.25) is 4.90 Å². The molecule has 0 radical (unpaired) electrons. The highest BCUT2D eigenvalue weighted by molar-refractivity contribution is 5.54. The van der Waals surface area contributed by atoms with Crippen molar-refractivity contribution < 1.29 is 4.52 Å². The fourth-order valence-corrected chi connectivity index (χ4v) is 3.51. The van der Waals surface area contributed by atoms with Crippen LogP contribution >= 0.6 is 0 Å². The molecule has 1 aliphatic heterocycles. The summed E-state index contributed by atoms with van der Waals surface area (Å²) in [4.78, 5) is 11.5. The number of aromatic nitrogens is 4. The van der Waals surface area contributed by atoms with E-state index in [-0.39, 0.29) is 0 Å². The van der Waals surface area contributed by atoms with Gasteiger partial charge in [0.1, 0.15) is 5.82 Å². The van der Waals surface area contributed by atoms with Crippen LogP contribution in [-0.4, -0.2) is 37.7 Å². The van der Waals surface area contributed by atoms with Crippen molar-refractivity contribution in [3.63, 3.8) is 0 Å². The zero-order chi connectivity index (χ0) is 17.2. The molecule has 1 atom stereocenters. The number of imidazole rings is 1. The normalized spacial score (nSPS) is 18.6. The molecule has 0 aliphatic carbocycles. The SMILES string of the molecule is Cc1ccc(-c2noc(CN3CCC[C@@H](c4nccn4C)C3)n2)cc1. The Morgan fingerprint density at radius 1 is 1.24 bits per heavy atom. The van der Waals surface area contributed by atoms with E-state index in [9.17, 15) is 0 Å². The van der Waals surface area contributed by atoms with E-state index in [2.05, 4.69) is 50.7 Å². The van der Waals surface area contributed by atoms with Crippen molar-refractivity contribution >= 4 is 0 Å². The quantitative estimate of drug-likeness (QED) is 0.732. The summed E-state index contributed by atoms with van der Waals surface area (Å²) in [5.74, 6) is 2.97.